The van der Waals surface area contributed by atoms with Gasteiger partial charge in [0.05, 0.1) is 0 Å². The van der Waals surface area contributed by atoms with Gasteiger partial charge in [-0.2, -0.15) is 0 Å². The maximum atomic E-state index is 12.5. The number of nitrogens with zero attached hydrogens (tertiary/aromatic N) is 1. The number of likely N-dealkylation sites (tertiary alicyclic amines) is 1. The molecule has 2 aromatic carbocycles. The Kier molecular flexibility index (Phi) is 4.99. The van der Waals surface area contributed by atoms with E-state index in [-0.39, 0.29) is 17.5 Å². The van der Waals surface area contributed by atoms with E-state index in [2.05, 4.69) is 17.0 Å². The monoisotopic (exact) mass is 329 g/mol. The van der Waals surface area contributed by atoms with Gasteiger partial charge >= 0.3 is 0 Å². The molecule has 0 radical (unpaired) electrons. The minimum absolute atomic E-state index is 0.0843. The first-order chi connectivity index (χ1) is 11.1. The first-order valence-corrected chi connectivity index (χ1v) is 8.29. The molecular weight excluding hydrogens is 310 g/mol. The lowest BCUT2D eigenvalue weighted by atomic mass is 9.88. The minimum Gasteiger partial charge on any atom is -0.508 e. The molecule has 1 N–H and O–H groups in total. The molecule has 3 rings (SSSR count). The summed E-state index contributed by atoms with van der Waals surface area (Å²) < 4.78 is 0. The van der Waals surface area contributed by atoms with Crippen molar-refractivity contribution in [1.82, 2.24) is 4.90 Å². The van der Waals surface area contributed by atoms with Crippen LogP contribution < -0.4 is 0 Å². The molecule has 1 heterocycles. The first kappa shape index (κ1) is 16.0. The lowest BCUT2D eigenvalue weighted by Gasteiger charge is -2.31. The van der Waals surface area contributed by atoms with Crippen LogP contribution in [0.25, 0.3) is 0 Å². The van der Waals surface area contributed by atoms with Crippen molar-refractivity contribution in [3.05, 3.63) is 64.7 Å². The Bertz CT molecular complexity index is 659. The molecule has 0 bridgehead atoms. The molecule has 0 aliphatic carbocycles. The van der Waals surface area contributed by atoms with Crippen LogP contribution in [0.1, 0.15) is 28.8 Å². The van der Waals surface area contributed by atoms with Crippen molar-refractivity contribution in [3.63, 3.8) is 0 Å². The van der Waals surface area contributed by atoms with Crippen LogP contribution in [0.2, 0.25) is 5.02 Å². The number of Topliss-reactive ketones (excluding diaryl/α,β-unsaturated/α-hetero) is 1. The van der Waals surface area contributed by atoms with Crippen LogP contribution in [0.15, 0.2) is 48.5 Å². The Morgan fingerprint density at radius 3 is 2.26 bits per heavy atom. The average molecular weight is 330 g/mol. The smallest absolute Gasteiger partial charge is 0.166 e. The number of benzene rings is 2. The Labute approximate surface area is 141 Å². The van der Waals surface area contributed by atoms with Gasteiger partial charge in [0.25, 0.3) is 0 Å². The Hall–Kier alpha value is -1.84. The van der Waals surface area contributed by atoms with Crippen LogP contribution >= 0.6 is 11.6 Å². The predicted molar refractivity (Wildman–Crippen MR) is 91.9 cm³/mol. The maximum Gasteiger partial charge on any atom is 0.166 e. The molecule has 3 nitrogen and oxygen atoms in total. The molecule has 0 amide bonds. The zero-order valence-electron chi connectivity index (χ0n) is 12.9. The predicted octanol–water partition coefficient (Wildman–Crippen LogP) is 4.14. The number of carbonyl (C=O) groups excluding carboxylic acids is 1. The van der Waals surface area contributed by atoms with Gasteiger partial charge in [-0.3, -0.25) is 9.69 Å². The summed E-state index contributed by atoms with van der Waals surface area (Å²) in [4.78, 5) is 14.9. The standard InChI is InChI=1S/C19H20ClNO2/c20-17-5-1-14(2-6-17)13-21-11-9-16(10-12-21)19(23)15-3-7-18(22)8-4-15/h1-8,16,22H,9-13H2. The van der Waals surface area contributed by atoms with E-state index in [1.54, 1.807) is 24.3 Å². The van der Waals surface area contributed by atoms with E-state index in [1.807, 2.05) is 12.1 Å². The highest BCUT2D eigenvalue weighted by Crippen LogP contribution is 2.24. The molecule has 2 aromatic rings. The summed E-state index contributed by atoms with van der Waals surface area (Å²) >= 11 is 5.91. The molecule has 0 unspecified atom stereocenters. The van der Waals surface area contributed by atoms with Gasteiger partial charge in [0, 0.05) is 23.0 Å². The number of aromatic hydroxyl groups is 1. The summed E-state index contributed by atoms with van der Waals surface area (Å²) in [5, 5.41) is 10.1. The Morgan fingerprint density at radius 2 is 1.65 bits per heavy atom. The van der Waals surface area contributed by atoms with Gasteiger partial charge in [-0.05, 0) is 67.9 Å². The Balaban J connectivity index is 1.54. The number of carbonyl (C=O) groups is 1. The molecule has 23 heavy (non-hydrogen) atoms. The van der Waals surface area contributed by atoms with Crippen molar-refractivity contribution >= 4 is 17.4 Å². The van der Waals surface area contributed by atoms with E-state index in [0.29, 0.717) is 5.56 Å². The van der Waals surface area contributed by atoms with Crippen molar-refractivity contribution in [2.75, 3.05) is 13.1 Å². The lowest BCUT2D eigenvalue weighted by Crippen LogP contribution is -2.35. The van der Waals surface area contributed by atoms with Crippen molar-refractivity contribution in [2.24, 2.45) is 5.92 Å². The minimum atomic E-state index is 0.0843. The number of phenols is 1. The third kappa shape index (κ3) is 4.12. The molecule has 0 aromatic heterocycles. The van der Waals surface area contributed by atoms with E-state index in [9.17, 15) is 9.90 Å². The molecule has 0 spiro atoms. The second-order valence-corrected chi connectivity index (χ2v) is 6.52. The topological polar surface area (TPSA) is 40.5 Å². The van der Waals surface area contributed by atoms with E-state index in [4.69, 9.17) is 11.6 Å². The van der Waals surface area contributed by atoms with Gasteiger partial charge < -0.3 is 5.11 Å². The molecular formula is C19H20ClNO2. The van der Waals surface area contributed by atoms with Crippen molar-refractivity contribution in [2.45, 2.75) is 19.4 Å². The van der Waals surface area contributed by atoms with Gasteiger partial charge in [0.15, 0.2) is 5.78 Å². The summed E-state index contributed by atoms with van der Waals surface area (Å²) in [5.74, 6) is 0.469. The molecule has 1 saturated heterocycles. The van der Waals surface area contributed by atoms with Crippen LogP contribution in [0.5, 0.6) is 5.75 Å². The largest absolute Gasteiger partial charge is 0.508 e. The molecule has 120 valence electrons. The third-order valence-electron chi connectivity index (χ3n) is 4.43. The fraction of sp³-hybridized carbons (Fsp3) is 0.316. The van der Waals surface area contributed by atoms with Crippen molar-refractivity contribution < 1.29 is 9.90 Å². The fourth-order valence-corrected chi connectivity index (χ4v) is 3.19. The molecule has 0 saturated carbocycles. The molecule has 1 fully saturated rings. The summed E-state index contributed by atoms with van der Waals surface area (Å²) in [6, 6.07) is 14.5. The van der Waals surface area contributed by atoms with E-state index in [1.165, 1.54) is 5.56 Å². The number of phenolic OH excluding ortho intramolecular Hbond substituents is 1. The highest BCUT2D eigenvalue weighted by molar-refractivity contribution is 6.30. The quantitative estimate of drug-likeness (QED) is 0.857. The van der Waals surface area contributed by atoms with Crippen LogP contribution in [-0.2, 0) is 6.54 Å². The van der Waals surface area contributed by atoms with E-state index < -0.39 is 0 Å². The first-order valence-electron chi connectivity index (χ1n) is 7.92. The average Bonchev–Trinajstić information content (AvgIpc) is 2.58. The summed E-state index contributed by atoms with van der Waals surface area (Å²) in [6.45, 7) is 2.76. The summed E-state index contributed by atoms with van der Waals surface area (Å²) in [5.41, 5.74) is 1.94. The fourth-order valence-electron chi connectivity index (χ4n) is 3.06. The molecule has 1 aliphatic rings. The number of rotatable bonds is 4. The van der Waals surface area contributed by atoms with Crippen LogP contribution in [-0.4, -0.2) is 28.9 Å². The third-order valence-corrected chi connectivity index (χ3v) is 4.68. The van der Waals surface area contributed by atoms with Crippen LogP contribution in [0.4, 0.5) is 0 Å². The second kappa shape index (κ2) is 7.16. The number of halogens is 1. The summed E-state index contributed by atoms with van der Waals surface area (Å²) in [7, 11) is 0. The normalized spacial score (nSPS) is 16.4. The van der Waals surface area contributed by atoms with Gasteiger partial charge in [0.1, 0.15) is 5.75 Å². The lowest BCUT2D eigenvalue weighted by molar-refractivity contribution is 0.0835. The van der Waals surface area contributed by atoms with Crippen LogP contribution in [0, 0.1) is 5.92 Å². The van der Waals surface area contributed by atoms with Crippen molar-refractivity contribution in [1.29, 1.82) is 0 Å². The number of hydrogen-bond acceptors (Lipinski definition) is 3. The van der Waals surface area contributed by atoms with Gasteiger partial charge in [-0.1, -0.05) is 23.7 Å². The zero-order chi connectivity index (χ0) is 16.2. The summed E-state index contributed by atoms with van der Waals surface area (Å²) in [6.07, 6.45) is 1.76. The SMILES string of the molecule is O=C(c1ccc(O)cc1)C1CCN(Cc2ccc(Cl)cc2)CC1. The molecule has 1 aliphatic heterocycles. The Morgan fingerprint density at radius 1 is 1.04 bits per heavy atom. The highest BCUT2D eigenvalue weighted by Gasteiger charge is 2.25. The second-order valence-electron chi connectivity index (χ2n) is 6.09. The van der Waals surface area contributed by atoms with Crippen molar-refractivity contribution in [3.8, 4) is 5.75 Å². The molecule has 0 atom stereocenters. The number of piperidine rings is 1. The highest BCUT2D eigenvalue weighted by atomic mass is 35.5. The zero-order valence-corrected chi connectivity index (χ0v) is 13.7. The number of ketones is 1. The maximum absolute atomic E-state index is 12.5. The van der Waals surface area contributed by atoms with Crippen LogP contribution in [0.3, 0.4) is 0 Å². The van der Waals surface area contributed by atoms with E-state index >= 15 is 0 Å². The van der Waals surface area contributed by atoms with Gasteiger partial charge in [-0.25, -0.2) is 0 Å². The van der Waals surface area contributed by atoms with Gasteiger partial charge in [0.2, 0.25) is 0 Å². The van der Waals surface area contributed by atoms with E-state index in [0.717, 1.165) is 37.5 Å². The molecule has 4 heteroatoms. The van der Waals surface area contributed by atoms with Gasteiger partial charge in [-0.15, -0.1) is 0 Å². The number of hydrogen-bond donors (Lipinski definition) is 1.